The van der Waals surface area contributed by atoms with Crippen molar-refractivity contribution < 1.29 is 4.74 Å². The zero-order chi connectivity index (χ0) is 9.26. The van der Waals surface area contributed by atoms with Gasteiger partial charge < -0.3 is 10.1 Å². The molecule has 0 unspecified atom stereocenters. The number of nitrogens with one attached hydrogen (secondary N) is 1. The monoisotopic (exact) mass is 197 g/mol. The average Bonchev–Trinajstić information content (AvgIpc) is 2.89. The second-order valence-electron chi connectivity index (χ2n) is 3.18. The molecule has 2 nitrogen and oxygen atoms in total. The lowest BCUT2D eigenvalue weighted by molar-refractivity contribution is 0.305. The van der Waals surface area contributed by atoms with Crippen molar-refractivity contribution in [2.75, 3.05) is 12.4 Å². The number of ether oxygens (including phenoxy) is 1. The normalized spacial score (nSPS) is 15.5. The van der Waals surface area contributed by atoms with Gasteiger partial charge in [-0.25, -0.2) is 0 Å². The largest absolute Gasteiger partial charge is 0.488 e. The number of hydrogen-bond donors (Lipinski definition) is 1. The molecule has 0 heterocycles. The minimum atomic E-state index is 0.408. The maximum Gasteiger partial charge on any atom is 0.144 e. The van der Waals surface area contributed by atoms with Crippen LogP contribution in [0, 0.1) is 0 Å². The van der Waals surface area contributed by atoms with E-state index in [1.165, 1.54) is 0 Å². The van der Waals surface area contributed by atoms with Gasteiger partial charge in [-0.05, 0) is 25.0 Å². The van der Waals surface area contributed by atoms with Crippen molar-refractivity contribution >= 4 is 17.3 Å². The van der Waals surface area contributed by atoms with Crippen LogP contribution in [0.3, 0.4) is 0 Å². The summed E-state index contributed by atoms with van der Waals surface area (Å²) < 4.78 is 5.68. The Balaban J connectivity index is 2.25. The van der Waals surface area contributed by atoms with Crippen LogP contribution in [0.5, 0.6) is 5.75 Å². The molecule has 70 valence electrons. The van der Waals surface area contributed by atoms with E-state index in [9.17, 15) is 0 Å². The predicted octanol–water partition coefficient (Wildman–Crippen LogP) is 2.92. The van der Waals surface area contributed by atoms with Gasteiger partial charge in [0.05, 0.1) is 16.8 Å². The van der Waals surface area contributed by atoms with Gasteiger partial charge in [-0.1, -0.05) is 17.7 Å². The van der Waals surface area contributed by atoms with E-state index in [4.69, 9.17) is 16.3 Å². The quantitative estimate of drug-likeness (QED) is 0.805. The number of anilines is 1. The van der Waals surface area contributed by atoms with Crippen LogP contribution >= 0.6 is 11.6 Å². The minimum Gasteiger partial charge on any atom is -0.488 e. The van der Waals surface area contributed by atoms with E-state index in [2.05, 4.69) is 5.32 Å². The molecule has 0 bridgehead atoms. The first-order chi connectivity index (χ1) is 6.31. The number of para-hydroxylation sites is 1. The van der Waals surface area contributed by atoms with Gasteiger partial charge in [0, 0.05) is 7.05 Å². The topological polar surface area (TPSA) is 21.3 Å². The Morgan fingerprint density at radius 1 is 1.46 bits per heavy atom. The molecule has 0 aliphatic heterocycles. The molecule has 2 rings (SSSR count). The SMILES string of the molecule is CNc1c(Cl)cccc1OC1CC1. The van der Waals surface area contributed by atoms with Crippen molar-refractivity contribution in [1.82, 2.24) is 0 Å². The Kier molecular flexibility index (Phi) is 2.32. The average molecular weight is 198 g/mol. The van der Waals surface area contributed by atoms with Gasteiger partial charge in [0.25, 0.3) is 0 Å². The lowest BCUT2D eigenvalue weighted by atomic mass is 10.3. The number of hydrogen-bond acceptors (Lipinski definition) is 2. The summed E-state index contributed by atoms with van der Waals surface area (Å²) in [5.74, 6) is 0.859. The van der Waals surface area contributed by atoms with Gasteiger partial charge in [-0.3, -0.25) is 0 Å². The maximum atomic E-state index is 5.99. The van der Waals surface area contributed by atoms with E-state index in [-0.39, 0.29) is 0 Å². The summed E-state index contributed by atoms with van der Waals surface area (Å²) >= 11 is 5.99. The summed E-state index contributed by atoms with van der Waals surface area (Å²) in [6.45, 7) is 0. The molecule has 0 radical (unpaired) electrons. The highest BCUT2D eigenvalue weighted by atomic mass is 35.5. The van der Waals surface area contributed by atoms with Crippen molar-refractivity contribution in [3.05, 3.63) is 23.2 Å². The standard InChI is InChI=1S/C10H12ClNO/c1-12-10-8(11)3-2-4-9(10)13-7-5-6-7/h2-4,7,12H,5-6H2,1H3. The maximum absolute atomic E-state index is 5.99. The lowest BCUT2D eigenvalue weighted by Crippen LogP contribution is -2.00. The van der Waals surface area contributed by atoms with Crippen LogP contribution in [-0.4, -0.2) is 13.2 Å². The molecular weight excluding hydrogens is 186 g/mol. The van der Waals surface area contributed by atoms with Crippen LogP contribution in [0.1, 0.15) is 12.8 Å². The molecule has 0 spiro atoms. The molecule has 13 heavy (non-hydrogen) atoms. The third-order valence-corrected chi connectivity index (χ3v) is 2.36. The second kappa shape index (κ2) is 3.46. The first kappa shape index (κ1) is 8.70. The second-order valence-corrected chi connectivity index (χ2v) is 3.59. The summed E-state index contributed by atoms with van der Waals surface area (Å²) in [4.78, 5) is 0. The van der Waals surface area contributed by atoms with Crippen LogP contribution in [0.25, 0.3) is 0 Å². The van der Waals surface area contributed by atoms with E-state index in [1.54, 1.807) is 0 Å². The third-order valence-electron chi connectivity index (χ3n) is 2.04. The fourth-order valence-corrected chi connectivity index (χ4v) is 1.47. The van der Waals surface area contributed by atoms with E-state index in [0.29, 0.717) is 11.1 Å². The Morgan fingerprint density at radius 3 is 2.85 bits per heavy atom. The van der Waals surface area contributed by atoms with Gasteiger partial charge >= 0.3 is 0 Å². The van der Waals surface area contributed by atoms with Crippen LogP contribution in [-0.2, 0) is 0 Å². The Morgan fingerprint density at radius 2 is 2.23 bits per heavy atom. The van der Waals surface area contributed by atoms with Gasteiger partial charge in [-0.15, -0.1) is 0 Å². The molecule has 1 aromatic carbocycles. The Hall–Kier alpha value is -0.890. The number of halogens is 1. The summed E-state index contributed by atoms with van der Waals surface area (Å²) in [7, 11) is 1.85. The molecule has 1 fully saturated rings. The van der Waals surface area contributed by atoms with Crippen molar-refractivity contribution in [3.8, 4) is 5.75 Å². The van der Waals surface area contributed by atoms with Crippen LogP contribution in [0.4, 0.5) is 5.69 Å². The molecular formula is C10H12ClNO. The molecule has 1 aliphatic carbocycles. The highest BCUT2D eigenvalue weighted by Crippen LogP contribution is 2.35. The molecule has 1 saturated carbocycles. The predicted molar refractivity (Wildman–Crippen MR) is 54.6 cm³/mol. The Bertz CT molecular complexity index is 310. The molecule has 3 heteroatoms. The smallest absolute Gasteiger partial charge is 0.144 e. The van der Waals surface area contributed by atoms with Crippen LogP contribution in [0.15, 0.2) is 18.2 Å². The zero-order valence-corrected chi connectivity index (χ0v) is 8.27. The molecule has 1 aliphatic rings. The van der Waals surface area contributed by atoms with Crippen molar-refractivity contribution in [3.63, 3.8) is 0 Å². The van der Waals surface area contributed by atoms with E-state index < -0.39 is 0 Å². The lowest BCUT2D eigenvalue weighted by Gasteiger charge is -2.11. The summed E-state index contributed by atoms with van der Waals surface area (Å²) in [5, 5.41) is 3.75. The minimum absolute atomic E-state index is 0.408. The summed E-state index contributed by atoms with van der Waals surface area (Å²) in [5.41, 5.74) is 0.885. The molecule has 0 amide bonds. The van der Waals surface area contributed by atoms with Crippen LogP contribution < -0.4 is 10.1 Å². The van der Waals surface area contributed by atoms with Crippen LogP contribution in [0.2, 0.25) is 5.02 Å². The van der Waals surface area contributed by atoms with Crippen molar-refractivity contribution in [2.45, 2.75) is 18.9 Å². The summed E-state index contributed by atoms with van der Waals surface area (Å²) in [6, 6.07) is 5.70. The molecule has 0 saturated heterocycles. The van der Waals surface area contributed by atoms with E-state index in [1.807, 2.05) is 25.2 Å². The highest BCUT2D eigenvalue weighted by molar-refractivity contribution is 6.33. The highest BCUT2D eigenvalue weighted by Gasteiger charge is 2.24. The number of rotatable bonds is 3. The fraction of sp³-hybridized carbons (Fsp3) is 0.400. The summed E-state index contributed by atoms with van der Waals surface area (Å²) in [6.07, 6.45) is 2.73. The van der Waals surface area contributed by atoms with Gasteiger partial charge in [-0.2, -0.15) is 0 Å². The zero-order valence-electron chi connectivity index (χ0n) is 7.51. The molecule has 1 N–H and O–H groups in total. The van der Waals surface area contributed by atoms with Gasteiger partial charge in [0.15, 0.2) is 0 Å². The third kappa shape index (κ3) is 1.89. The van der Waals surface area contributed by atoms with Crippen molar-refractivity contribution in [1.29, 1.82) is 0 Å². The number of benzene rings is 1. The molecule has 0 atom stereocenters. The fourth-order valence-electron chi connectivity index (χ4n) is 1.21. The first-order valence-corrected chi connectivity index (χ1v) is 4.82. The van der Waals surface area contributed by atoms with E-state index >= 15 is 0 Å². The molecule has 0 aromatic heterocycles. The van der Waals surface area contributed by atoms with Crippen molar-refractivity contribution in [2.24, 2.45) is 0 Å². The molecule has 1 aromatic rings. The van der Waals surface area contributed by atoms with E-state index in [0.717, 1.165) is 24.3 Å². The first-order valence-electron chi connectivity index (χ1n) is 4.44. The Labute approximate surface area is 82.9 Å². The van der Waals surface area contributed by atoms with Gasteiger partial charge in [0.1, 0.15) is 5.75 Å². The van der Waals surface area contributed by atoms with Gasteiger partial charge in [0.2, 0.25) is 0 Å².